The van der Waals surface area contributed by atoms with Crippen LogP contribution in [0.15, 0.2) is 109 Å². The summed E-state index contributed by atoms with van der Waals surface area (Å²) in [7, 11) is 0. The predicted molar refractivity (Wildman–Crippen MR) is 195 cm³/mol. The molecule has 0 saturated heterocycles. The monoisotopic (exact) mass is 647 g/mol. The first-order valence-electron chi connectivity index (χ1n) is 15.7. The first-order chi connectivity index (χ1) is 23.8. The molecule has 4 N–H and O–H groups in total. The van der Waals surface area contributed by atoms with Gasteiger partial charge in [0.2, 0.25) is 0 Å². The minimum atomic E-state index is -4.57. The Morgan fingerprint density at radius 1 is 0.571 bits per heavy atom. The molecular weight excluding hydrogens is 619 g/mol. The number of hydrogen-bond donors (Lipinski definition) is 3. The van der Waals surface area contributed by atoms with Crippen molar-refractivity contribution in [1.29, 1.82) is 0 Å². The van der Waals surface area contributed by atoms with Gasteiger partial charge in [-0.3, -0.25) is 0 Å². The number of hydrogen-bond acceptors (Lipinski definition) is 3. The third kappa shape index (κ3) is 6.07. The van der Waals surface area contributed by atoms with Crippen molar-refractivity contribution in [2.24, 2.45) is 0 Å². The fraction of sp³-hybridized carbons (Fsp3) is 0.0244. The Balaban J connectivity index is 1.37. The van der Waals surface area contributed by atoms with Crippen molar-refractivity contribution in [3.05, 3.63) is 149 Å². The maximum Gasteiger partial charge on any atom is 0.417 e. The quantitative estimate of drug-likeness (QED) is 0.131. The second-order valence-corrected chi connectivity index (χ2v) is 11.9. The summed E-state index contributed by atoms with van der Waals surface area (Å²) in [5.41, 5.74) is 15.4. The summed E-state index contributed by atoms with van der Waals surface area (Å²) in [6.45, 7) is 0. The van der Waals surface area contributed by atoms with Crippen molar-refractivity contribution in [1.82, 2.24) is 19.9 Å². The number of nitrogens with one attached hydrogen (secondary N) is 2. The van der Waals surface area contributed by atoms with Gasteiger partial charge in [-0.25, -0.2) is 9.97 Å². The molecule has 0 atom stereocenters. The highest BCUT2D eigenvalue weighted by atomic mass is 19.4. The summed E-state index contributed by atoms with van der Waals surface area (Å²) in [6, 6.07) is 32.8. The maximum absolute atomic E-state index is 14.4. The zero-order valence-electron chi connectivity index (χ0n) is 26.0. The number of nitrogen functional groups attached to an aromatic ring is 1. The Morgan fingerprint density at radius 3 is 1.73 bits per heavy atom. The van der Waals surface area contributed by atoms with Gasteiger partial charge in [0, 0.05) is 38.9 Å². The molecule has 0 spiro atoms. The number of halogens is 3. The highest BCUT2D eigenvalue weighted by Crippen LogP contribution is 2.41. The number of benzene rings is 3. The molecular formula is C41H28F3N5. The Hall–Kier alpha value is -6.41. The molecule has 49 heavy (non-hydrogen) atoms. The van der Waals surface area contributed by atoms with Gasteiger partial charge in [0.1, 0.15) is 0 Å². The van der Waals surface area contributed by atoms with Gasteiger partial charge in [0.05, 0.1) is 28.3 Å². The Labute approximate surface area is 279 Å². The van der Waals surface area contributed by atoms with E-state index < -0.39 is 11.7 Å². The van der Waals surface area contributed by atoms with Crippen LogP contribution in [-0.4, -0.2) is 19.9 Å². The molecule has 3 aromatic heterocycles. The maximum atomic E-state index is 14.4. The minimum Gasteiger partial charge on any atom is -0.399 e. The van der Waals surface area contributed by atoms with Crippen molar-refractivity contribution in [3.63, 3.8) is 0 Å². The second kappa shape index (κ2) is 12.0. The number of anilines is 1. The van der Waals surface area contributed by atoms with Crippen molar-refractivity contribution in [2.45, 2.75) is 6.18 Å². The number of aromatic nitrogens is 4. The van der Waals surface area contributed by atoms with Crippen molar-refractivity contribution < 1.29 is 13.2 Å². The number of alkyl halides is 3. The molecule has 3 aromatic carbocycles. The first kappa shape index (κ1) is 30.0. The molecule has 0 fully saturated rings. The Bertz CT molecular complexity index is 2480. The second-order valence-electron chi connectivity index (χ2n) is 11.9. The van der Waals surface area contributed by atoms with Crippen molar-refractivity contribution in [2.75, 3.05) is 5.73 Å². The van der Waals surface area contributed by atoms with E-state index in [9.17, 15) is 13.2 Å². The number of nitrogens with two attached hydrogens (primary N) is 1. The zero-order chi connectivity index (χ0) is 33.5. The van der Waals surface area contributed by atoms with Crippen LogP contribution in [0.4, 0.5) is 18.9 Å². The fourth-order valence-corrected chi connectivity index (χ4v) is 6.17. The summed E-state index contributed by atoms with van der Waals surface area (Å²) < 4.78 is 43.2. The smallest absolute Gasteiger partial charge is 0.399 e. The Kier molecular flexibility index (Phi) is 7.33. The predicted octanol–water partition coefficient (Wildman–Crippen LogP) is 10.8. The molecule has 5 nitrogen and oxygen atoms in total. The fourth-order valence-electron chi connectivity index (χ4n) is 6.17. The lowest BCUT2D eigenvalue weighted by Crippen LogP contribution is -2.07. The summed E-state index contributed by atoms with van der Waals surface area (Å²) in [5, 5.41) is 0. The van der Waals surface area contributed by atoms with E-state index in [4.69, 9.17) is 15.7 Å². The summed E-state index contributed by atoms with van der Waals surface area (Å²) >= 11 is 0. The average molecular weight is 648 g/mol. The molecule has 238 valence electrons. The third-order valence-corrected chi connectivity index (χ3v) is 8.50. The van der Waals surface area contributed by atoms with Gasteiger partial charge in [0.15, 0.2) is 0 Å². The van der Waals surface area contributed by atoms with Crippen LogP contribution in [0, 0.1) is 0 Å². The molecule has 2 aliphatic rings. The highest BCUT2D eigenvalue weighted by Gasteiger charge is 2.34. The molecule has 0 aliphatic carbocycles. The molecule has 0 amide bonds. The van der Waals surface area contributed by atoms with E-state index in [2.05, 4.69) is 9.97 Å². The number of fused-ring (bicyclic) bond motifs is 8. The molecule has 8 heteroatoms. The lowest BCUT2D eigenvalue weighted by atomic mass is 9.98. The largest absolute Gasteiger partial charge is 0.417 e. The van der Waals surface area contributed by atoms with Crippen LogP contribution < -0.4 is 5.73 Å². The summed E-state index contributed by atoms with van der Waals surface area (Å²) in [4.78, 5) is 16.6. The summed E-state index contributed by atoms with van der Waals surface area (Å²) in [5.74, 6) is 0. The van der Waals surface area contributed by atoms with Crippen LogP contribution in [0.25, 0.3) is 80.8 Å². The van der Waals surface area contributed by atoms with E-state index in [-0.39, 0.29) is 5.56 Å². The van der Waals surface area contributed by atoms with Gasteiger partial charge < -0.3 is 15.7 Å². The van der Waals surface area contributed by atoms with E-state index in [1.807, 2.05) is 109 Å². The number of H-pyrrole nitrogens is 2. The number of nitrogens with zero attached hydrogens (tertiary/aromatic N) is 2. The van der Waals surface area contributed by atoms with E-state index in [0.717, 1.165) is 50.7 Å². The summed E-state index contributed by atoms with van der Waals surface area (Å²) in [6.07, 6.45) is 6.96. The first-order valence-corrected chi connectivity index (χ1v) is 15.7. The van der Waals surface area contributed by atoms with E-state index in [1.54, 1.807) is 18.2 Å². The lowest BCUT2D eigenvalue weighted by molar-refractivity contribution is -0.137. The van der Waals surface area contributed by atoms with Crippen LogP contribution in [0.5, 0.6) is 0 Å². The molecule has 6 aromatic rings. The molecule has 0 unspecified atom stereocenters. The highest BCUT2D eigenvalue weighted by molar-refractivity contribution is 5.96. The zero-order valence-corrected chi connectivity index (χ0v) is 26.0. The van der Waals surface area contributed by atoms with Gasteiger partial charge in [-0.2, -0.15) is 13.2 Å². The SMILES string of the molecule is Nc1ccc(/C=C/c2ccc(-c3c4nc(c(-c5ccccc5C(F)(F)F)c5ccc(cc6nc(cc7ccc3[nH]7)C=C6)[nH]5)C=C4)cc2)cc1. The van der Waals surface area contributed by atoms with Gasteiger partial charge in [-0.15, -0.1) is 0 Å². The van der Waals surface area contributed by atoms with Crippen molar-refractivity contribution >= 4 is 64.2 Å². The minimum absolute atomic E-state index is 0.0402. The third-order valence-electron chi connectivity index (χ3n) is 8.50. The van der Waals surface area contributed by atoms with Crippen LogP contribution >= 0.6 is 0 Å². The van der Waals surface area contributed by atoms with Gasteiger partial charge in [0.25, 0.3) is 0 Å². The molecule has 0 radical (unpaired) electrons. The van der Waals surface area contributed by atoms with Gasteiger partial charge in [-0.05, 0) is 101 Å². The van der Waals surface area contributed by atoms with Gasteiger partial charge >= 0.3 is 6.18 Å². The lowest BCUT2D eigenvalue weighted by Gasteiger charge is -2.13. The topological polar surface area (TPSA) is 83.4 Å². The van der Waals surface area contributed by atoms with Crippen LogP contribution in [-0.2, 0) is 6.18 Å². The average Bonchev–Trinajstić information content (AvgIpc) is 3.92. The van der Waals surface area contributed by atoms with Crippen LogP contribution in [0.3, 0.4) is 0 Å². The molecule has 2 aliphatic heterocycles. The molecule has 0 saturated carbocycles. The number of rotatable bonds is 4. The molecule has 8 bridgehead atoms. The van der Waals surface area contributed by atoms with Crippen LogP contribution in [0.1, 0.15) is 39.5 Å². The molecule has 8 rings (SSSR count). The number of aromatic amines is 2. The van der Waals surface area contributed by atoms with Crippen molar-refractivity contribution in [3.8, 4) is 22.3 Å². The van der Waals surface area contributed by atoms with E-state index in [0.29, 0.717) is 33.7 Å². The molecule has 5 heterocycles. The van der Waals surface area contributed by atoms with E-state index in [1.165, 1.54) is 12.1 Å². The van der Waals surface area contributed by atoms with Crippen LogP contribution in [0.2, 0.25) is 0 Å². The Morgan fingerprint density at radius 2 is 1.12 bits per heavy atom. The van der Waals surface area contributed by atoms with E-state index >= 15 is 0 Å². The van der Waals surface area contributed by atoms with Gasteiger partial charge in [-0.1, -0.05) is 66.7 Å². The normalized spacial score (nSPS) is 12.6. The standard InChI is InChI=1S/C41H28F3N5/c42-41(43,44)34-4-2-1-3-33(34)40-37-20-18-32(48-37)24-30-16-15-29(46-30)23-31-17-19-35(47-31)39(36-21-22-38(40)49-36)27-11-7-25(8-12-27)5-6-26-9-13-28(45)14-10-26/h1-24,47-48H,45H2/b6-5+,29-23?,30-24?,31-23?,32-24?,39-35?,39-36?,40-37?,40-38?.